The highest BCUT2D eigenvalue weighted by molar-refractivity contribution is 5.92. The Morgan fingerprint density at radius 1 is 1.50 bits per heavy atom. The molecule has 0 saturated heterocycles. The van der Waals surface area contributed by atoms with Crippen LogP contribution in [0.4, 0.5) is 0 Å². The minimum Gasteiger partial charge on any atom is -0.496 e. The summed E-state index contributed by atoms with van der Waals surface area (Å²) in [6, 6.07) is 5.88. The van der Waals surface area contributed by atoms with Gasteiger partial charge < -0.3 is 15.2 Å². The molecule has 0 fully saturated rings. The van der Waals surface area contributed by atoms with Gasteiger partial charge in [0.05, 0.1) is 7.11 Å². The third-order valence-electron chi connectivity index (χ3n) is 2.98. The number of rotatable bonds is 7. The largest absolute Gasteiger partial charge is 0.496 e. The fourth-order valence-electron chi connectivity index (χ4n) is 1.91. The highest BCUT2D eigenvalue weighted by atomic mass is 16.5. The SMILES string of the molecule is COc1ccc(C)cc1/C=C/C(=O)NC(C)CCCO. The lowest BCUT2D eigenvalue weighted by molar-refractivity contribution is -0.117. The monoisotopic (exact) mass is 277 g/mol. The number of carbonyl (C=O) groups is 1. The number of carbonyl (C=O) groups excluding carboxylic acids is 1. The quantitative estimate of drug-likeness (QED) is 0.752. The minimum absolute atomic E-state index is 0.0544. The lowest BCUT2D eigenvalue weighted by Crippen LogP contribution is -2.31. The average Bonchev–Trinajstić information content (AvgIpc) is 2.43. The molecule has 0 radical (unpaired) electrons. The van der Waals surface area contributed by atoms with Crippen LogP contribution < -0.4 is 10.1 Å². The first-order valence-electron chi connectivity index (χ1n) is 6.81. The molecule has 1 unspecified atom stereocenters. The maximum atomic E-state index is 11.8. The van der Waals surface area contributed by atoms with Crippen molar-refractivity contribution >= 4 is 12.0 Å². The highest BCUT2D eigenvalue weighted by Gasteiger charge is 2.05. The van der Waals surface area contributed by atoms with Crippen LogP contribution in [0.1, 0.15) is 30.9 Å². The van der Waals surface area contributed by atoms with E-state index >= 15 is 0 Å². The maximum Gasteiger partial charge on any atom is 0.244 e. The Kier molecular flexibility index (Phi) is 6.81. The number of nitrogens with one attached hydrogen (secondary N) is 1. The van der Waals surface area contributed by atoms with E-state index in [4.69, 9.17) is 9.84 Å². The van der Waals surface area contributed by atoms with Gasteiger partial charge >= 0.3 is 0 Å². The van der Waals surface area contributed by atoms with Gasteiger partial charge in [-0.15, -0.1) is 0 Å². The predicted octanol–water partition coefficient (Wildman–Crippen LogP) is 2.29. The van der Waals surface area contributed by atoms with E-state index in [2.05, 4.69) is 5.32 Å². The van der Waals surface area contributed by atoms with Gasteiger partial charge in [-0.25, -0.2) is 0 Å². The van der Waals surface area contributed by atoms with E-state index in [-0.39, 0.29) is 18.6 Å². The zero-order valence-electron chi connectivity index (χ0n) is 12.3. The van der Waals surface area contributed by atoms with Crippen molar-refractivity contribution < 1.29 is 14.6 Å². The number of benzene rings is 1. The Hall–Kier alpha value is -1.81. The van der Waals surface area contributed by atoms with E-state index in [9.17, 15) is 4.79 Å². The van der Waals surface area contributed by atoms with Crippen LogP contribution in [0, 0.1) is 6.92 Å². The van der Waals surface area contributed by atoms with Crippen LogP contribution in [0.2, 0.25) is 0 Å². The van der Waals surface area contributed by atoms with E-state index in [1.165, 1.54) is 6.08 Å². The first-order chi connectivity index (χ1) is 9.56. The minimum atomic E-state index is -0.140. The van der Waals surface area contributed by atoms with Crippen LogP contribution in [0.15, 0.2) is 24.3 Å². The number of aliphatic hydroxyl groups excluding tert-OH is 1. The van der Waals surface area contributed by atoms with E-state index in [1.54, 1.807) is 13.2 Å². The maximum absolute atomic E-state index is 11.8. The van der Waals surface area contributed by atoms with Gasteiger partial charge in [-0.05, 0) is 44.9 Å². The molecule has 0 heterocycles. The summed E-state index contributed by atoms with van der Waals surface area (Å²) >= 11 is 0. The van der Waals surface area contributed by atoms with E-state index in [0.29, 0.717) is 6.42 Å². The molecule has 1 rings (SSSR count). The fraction of sp³-hybridized carbons (Fsp3) is 0.438. The van der Waals surface area contributed by atoms with Crippen LogP contribution in [-0.4, -0.2) is 30.8 Å². The Bertz CT molecular complexity index is 469. The Labute approximate surface area is 120 Å². The van der Waals surface area contributed by atoms with Gasteiger partial charge in [0.1, 0.15) is 5.75 Å². The summed E-state index contributed by atoms with van der Waals surface area (Å²) in [6.07, 6.45) is 4.72. The van der Waals surface area contributed by atoms with Crippen LogP contribution in [0.25, 0.3) is 6.08 Å². The van der Waals surface area contributed by atoms with Crippen molar-refractivity contribution in [3.8, 4) is 5.75 Å². The molecule has 4 nitrogen and oxygen atoms in total. The van der Waals surface area contributed by atoms with Crippen molar-refractivity contribution in [1.29, 1.82) is 0 Å². The highest BCUT2D eigenvalue weighted by Crippen LogP contribution is 2.20. The molecule has 0 bridgehead atoms. The summed E-state index contributed by atoms with van der Waals surface area (Å²) < 4.78 is 5.26. The zero-order chi connectivity index (χ0) is 15.0. The van der Waals surface area contributed by atoms with Crippen molar-refractivity contribution in [3.05, 3.63) is 35.4 Å². The number of amides is 1. The van der Waals surface area contributed by atoms with Gasteiger partial charge in [-0.3, -0.25) is 4.79 Å². The second-order valence-corrected chi connectivity index (χ2v) is 4.85. The molecule has 0 aromatic heterocycles. The van der Waals surface area contributed by atoms with E-state index < -0.39 is 0 Å². The molecule has 4 heteroatoms. The third-order valence-corrected chi connectivity index (χ3v) is 2.98. The average molecular weight is 277 g/mol. The molecule has 1 aromatic rings. The van der Waals surface area contributed by atoms with Crippen molar-refractivity contribution in [2.24, 2.45) is 0 Å². The number of aliphatic hydroxyl groups is 1. The second kappa shape index (κ2) is 8.38. The summed E-state index contributed by atoms with van der Waals surface area (Å²) in [5.74, 6) is 0.604. The molecule has 0 aliphatic rings. The van der Waals surface area contributed by atoms with Gasteiger partial charge in [-0.1, -0.05) is 11.6 Å². The molecule has 0 spiro atoms. The Morgan fingerprint density at radius 2 is 2.25 bits per heavy atom. The summed E-state index contributed by atoms with van der Waals surface area (Å²) in [5, 5.41) is 11.6. The van der Waals surface area contributed by atoms with Crippen LogP contribution in [0.3, 0.4) is 0 Å². The van der Waals surface area contributed by atoms with Gasteiger partial charge in [0, 0.05) is 24.3 Å². The van der Waals surface area contributed by atoms with Crippen molar-refractivity contribution in [2.75, 3.05) is 13.7 Å². The number of hydrogen-bond donors (Lipinski definition) is 2. The van der Waals surface area contributed by atoms with Crippen LogP contribution in [0.5, 0.6) is 5.75 Å². The van der Waals surface area contributed by atoms with Gasteiger partial charge in [0.15, 0.2) is 0 Å². The molecule has 1 aromatic carbocycles. The first-order valence-corrected chi connectivity index (χ1v) is 6.81. The zero-order valence-corrected chi connectivity index (χ0v) is 12.3. The van der Waals surface area contributed by atoms with Gasteiger partial charge in [-0.2, -0.15) is 0 Å². The molecular formula is C16H23NO3. The van der Waals surface area contributed by atoms with E-state index in [1.807, 2.05) is 32.0 Å². The lowest BCUT2D eigenvalue weighted by Gasteiger charge is -2.11. The predicted molar refractivity (Wildman–Crippen MR) is 80.7 cm³/mol. The molecule has 110 valence electrons. The molecular weight excluding hydrogens is 254 g/mol. The molecule has 0 saturated carbocycles. The number of hydrogen-bond acceptors (Lipinski definition) is 3. The molecule has 2 N–H and O–H groups in total. The van der Waals surface area contributed by atoms with Gasteiger partial charge in [0.2, 0.25) is 5.91 Å². The van der Waals surface area contributed by atoms with Gasteiger partial charge in [0.25, 0.3) is 0 Å². The number of methoxy groups -OCH3 is 1. The number of ether oxygens (including phenoxy) is 1. The van der Waals surface area contributed by atoms with Crippen molar-refractivity contribution in [1.82, 2.24) is 5.32 Å². The summed E-state index contributed by atoms with van der Waals surface area (Å²) in [5.41, 5.74) is 1.99. The Balaban J connectivity index is 2.63. The third kappa shape index (κ3) is 5.45. The summed E-state index contributed by atoms with van der Waals surface area (Å²) in [7, 11) is 1.61. The fourth-order valence-corrected chi connectivity index (χ4v) is 1.91. The smallest absolute Gasteiger partial charge is 0.244 e. The number of aryl methyl sites for hydroxylation is 1. The molecule has 20 heavy (non-hydrogen) atoms. The molecule has 0 aliphatic heterocycles. The summed E-state index contributed by atoms with van der Waals surface area (Å²) in [4.78, 5) is 11.8. The first kappa shape index (κ1) is 16.2. The standard InChI is InChI=1S/C16H23NO3/c1-12-6-8-15(20-3)14(11-12)7-9-16(19)17-13(2)5-4-10-18/h6-9,11,13,18H,4-5,10H2,1-3H3,(H,17,19)/b9-7+. The summed E-state index contributed by atoms with van der Waals surface area (Å²) in [6.45, 7) is 4.07. The molecule has 1 atom stereocenters. The van der Waals surface area contributed by atoms with Crippen LogP contribution >= 0.6 is 0 Å². The topological polar surface area (TPSA) is 58.6 Å². The normalized spacial score (nSPS) is 12.4. The lowest BCUT2D eigenvalue weighted by atomic mass is 10.1. The van der Waals surface area contributed by atoms with E-state index in [0.717, 1.165) is 23.3 Å². The van der Waals surface area contributed by atoms with Crippen LogP contribution in [-0.2, 0) is 4.79 Å². The van der Waals surface area contributed by atoms with Crippen molar-refractivity contribution in [3.63, 3.8) is 0 Å². The molecule has 0 aliphatic carbocycles. The molecule has 1 amide bonds. The Morgan fingerprint density at radius 3 is 2.90 bits per heavy atom. The van der Waals surface area contributed by atoms with Crippen molar-refractivity contribution in [2.45, 2.75) is 32.7 Å². The second-order valence-electron chi connectivity index (χ2n) is 4.85.